The van der Waals surface area contributed by atoms with Gasteiger partial charge in [-0.05, 0) is 47.4 Å². The molecular formula is C28H31N5O. The zero-order valence-corrected chi connectivity index (χ0v) is 20.0. The number of hydrogen-bond donors (Lipinski definition) is 1. The van der Waals surface area contributed by atoms with E-state index < -0.39 is 0 Å². The molecule has 0 aliphatic carbocycles. The highest BCUT2D eigenvalue weighted by Gasteiger charge is 2.23. The van der Waals surface area contributed by atoms with Crippen LogP contribution < -0.4 is 10.2 Å². The molecule has 6 nitrogen and oxygen atoms in total. The van der Waals surface area contributed by atoms with E-state index in [0.29, 0.717) is 17.3 Å². The van der Waals surface area contributed by atoms with E-state index in [0.717, 1.165) is 37.4 Å². The number of nitrogens with one attached hydrogen (secondary N) is 1. The fourth-order valence-corrected chi connectivity index (χ4v) is 4.66. The van der Waals surface area contributed by atoms with Gasteiger partial charge in [0.25, 0.3) is 5.91 Å². The average Bonchev–Trinajstić information content (AvgIpc) is 3.32. The first-order valence-electron chi connectivity index (χ1n) is 11.9. The molecule has 0 saturated carbocycles. The molecule has 2 aromatic heterocycles. The van der Waals surface area contributed by atoms with E-state index in [-0.39, 0.29) is 11.3 Å². The summed E-state index contributed by atoms with van der Waals surface area (Å²) in [6.07, 6.45) is 3.91. The molecule has 1 aliphatic rings. The molecule has 1 amide bonds. The van der Waals surface area contributed by atoms with Crippen molar-refractivity contribution < 1.29 is 4.79 Å². The molecule has 1 saturated heterocycles. The van der Waals surface area contributed by atoms with Crippen molar-refractivity contribution >= 4 is 23.2 Å². The molecule has 0 atom stereocenters. The second-order valence-electron chi connectivity index (χ2n) is 10.1. The number of aromatic nitrogens is 3. The van der Waals surface area contributed by atoms with Crippen molar-refractivity contribution in [2.24, 2.45) is 0 Å². The van der Waals surface area contributed by atoms with Crippen LogP contribution in [-0.4, -0.2) is 33.6 Å². The lowest BCUT2D eigenvalue weighted by molar-refractivity contribution is 0.102. The molecule has 0 radical (unpaired) electrons. The molecule has 2 aromatic carbocycles. The Morgan fingerprint density at radius 3 is 2.35 bits per heavy atom. The van der Waals surface area contributed by atoms with Crippen molar-refractivity contribution in [3.63, 3.8) is 0 Å². The third-order valence-corrected chi connectivity index (χ3v) is 6.69. The van der Waals surface area contributed by atoms with Crippen LogP contribution in [0.15, 0.2) is 72.9 Å². The van der Waals surface area contributed by atoms with Crippen LogP contribution in [0, 0.1) is 0 Å². The maximum absolute atomic E-state index is 12.9. The van der Waals surface area contributed by atoms with Crippen LogP contribution >= 0.6 is 0 Å². The van der Waals surface area contributed by atoms with E-state index in [4.69, 9.17) is 0 Å². The van der Waals surface area contributed by atoms with E-state index >= 15 is 0 Å². The number of amides is 1. The Hall–Kier alpha value is -3.67. The summed E-state index contributed by atoms with van der Waals surface area (Å²) in [7, 11) is 0. The van der Waals surface area contributed by atoms with Crippen molar-refractivity contribution in [2.45, 2.75) is 44.9 Å². The summed E-state index contributed by atoms with van der Waals surface area (Å²) in [4.78, 5) is 19.9. The topological polar surface area (TPSA) is 62.5 Å². The number of fused-ring (bicyclic) bond motifs is 1. The van der Waals surface area contributed by atoms with Gasteiger partial charge in [0.1, 0.15) is 11.6 Å². The lowest BCUT2D eigenvalue weighted by Crippen LogP contribution is -2.34. The third kappa shape index (κ3) is 4.53. The number of piperidine rings is 1. The third-order valence-electron chi connectivity index (χ3n) is 6.69. The van der Waals surface area contributed by atoms with Gasteiger partial charge in [-0.1, -0.05) is 63.2 Å². The summed E-state index contributed by atoms with van der Waals surface area (Å²) in [5, 5.41) is 7.48. The summed E-state index contributed by atoms with van der Waals surface area (Å²) in [5.74, 6) is 1.91. The summed E-state index contributed by atoms with van der Waals surface area (Å²) in [6, 6.07) is 22.3. The molecule has 4 aromatic rings. The van der Waals surface area contributed by atoms with Gasteiger partial charge in [0.05, 0.1) is 6.20 Å². The van der Waals surface area contributed by atoms with E-state index in [2.05, 4.69) is 71.4 Å². The van der Waals surface area contributed by atoms with Crippen LogP contribution in [-0.2, 0) is 5.41 Å². The lowest BCUT2D eigenvalue weighted by Gasteiger charge is -2.33. The van der Waals surface area contributed by atoms with Gasteiger partial charge in [-0.3, -0.25) is 4.79 Å². The second kappa shape index (κ2) is 8.93. The van der Waals surface area contributed by atoms with Crippen LogP contribution in [0.25, 0.3) is 5.65 Å². The molecule has 1 N–H and O–H groups in total. The average molecular weight is 454 g/mol. The van der Waals surface area contributed by atoms with E-state index in [1.807, 2.05) is 40.9 Å². The molecule has 6 heteroatoms. The molecule has 0 unspecified atom stereocenters. The molecule has 1 fully saturated rings. The van der Waals surface area contributed by atoms with Crippen LogP contribution in [0.4, 0.5) is 11.6 Å². The summed E-state index contributed by atoms with van der Waals surface area (Å²) >= 11 is 0. The van der Waals surface area contributed by atoms with Crippen molar-refractivity contribution in [1.29, 1.82) is 0 Å². The fourth-order valence-electron chi connectivity index (χ4n) is 4.66. The highest BCUT2D eigenvalue weighted by atomic mass is 16.1. The summed E-state index contributed by atoms with van der Waals surface area (Å²) in [5.41, 5.74) is 4.00. The van der Waals surface area contributed by atoms with Gasteiger partial charge in [0, 0.05) is 30.8 Å². The molecule has 5 rings (SSSR count). The van der Waals surface area contributed by atoms with Crippen LogP contribution in [0.5, 0.6) is 0 Å². The largest absolute Gasteiger partial charge is 0.356 e. The van der Waals surface area contributed by atoms with Crippen molar-refractivity contribution in [2.75, 3.05) is 23.3 Å². The lowest BCUT2D eigenvalue weighted by atomic mass is 9.87. The minimum atomic E-state index is -0.162. The zero-order valence-electron chi connectivity index (χ0n) is 20.0. The maximum atomic E-state index is 12.9. The number of anilines is 2. The number of nitrogens with zero attached hydrogens (tertiary/aromatic N) is 4. The first kappa shape index (κ1) is 22.1. The number of rotatable bonds is 4. The van der Waals surface area contributed by atoms with Crippen molar-refractivity contribution in [3.05, 3.63) is 89.6 Å². The number of carbonyl (C=O) groups is 1. The summed E-state index contributed by atoms with van der Waals surface area (Å²) < 4.78 is 1.86. The number of carbonyl (C=O) groups excluding carboxylic acids is 1. The van der Waals surface area contributed by atoms with Gasteiger partial charge in [-0.15, -0.1) is 0 Å². The maximum Gasteiger partial charge on any atom is 0.256 e. The van der Waals surface area contributed by atoms with Gasteiger partial charge in [-0.2, -0.15) is 9.61 Å². The minimum Gasteiger partial charge on any atom is -0.356 e. The van der Waals surface area contributed by atoms with Gasteiger partial charge in [0.2, 0.25) is 0 Å². The van der Waals surface area contributed by atoms with Crippen molar-refractivity contribution in [1.82, 2.24) is 14.6 Å². The van der Waals surface area contributed by atoms with Gasteiger partial charge in [-0.25, -0.2) is 4.98 Å². The molecule has 0 bridgehead atoms. The Bertz CT molecular complexity index is 1280. The summed E-state index contributed by atoms with van der Waals surface area (Å²) in [6.45, 7) is 8.35. The predicted octanol–water partition coefficient (Wildman–Crippen LogP) is 5.66. The smallest absolute Gasteiger partial charge is 0.256 e. The molecule has 1 aliphatic heterocycles. The zero-order chi connectivity index (χ0) is 23.7. The predicted molar refractivity (Wildman–Crippen MR) is 137 cm³/mol. The first-order valence-corrected chi connectivity index (χ1v) is 11.9. The Morgan fingerprint density at radius 2 is 1.68 bits per heavy atom. The van der Waals surface area contributed by atoms with E-state index in [1.54, 1.807) is 6.20 Å². The Balaban J connectivity index is 1.35. The molecule has 34 heavy (non-hydrogen) atoms. The second-order valence-corrected chi connectivity index (χ2v) is 10.1. The van der Waals surface area contributed by atoms with Gasteiger partial charge >= 0.3 is 0 Å². The SMILES string of the molecule is CC(C)(C)c1ccc(C(=O)Nc2cc(N3CCC(c4ccccc4)CC3)n3nccc3n2)cc1. The molecule has 0 spiro atoms. The van der Waals surface area contributed by atoms with Crippen LogP contribution in [0.1, 0.15) is 61.0 Å². The van der Waals surface area contributed by atoms with Gasteiger partial charge < -0.3 is 10.2 Å². The number of hydrogen-bond acceptors (Lipinski definition) is 4. The van der Waals surface area contributed by atoms with Crippen LogP contribution in [0.2, 0.25) is 0 Å². The molecular weight excluding hydrogens is 422 g/mol. The first-order chi connectivity index (χ1) is 16.4. The highest BCUT2D eigenvalue weighted by molar-refractivity contribution is 6.04. The van der Waals surface area contributed by atoms with Crippen LogP contribution in [0.3, 0.4) is 0 Å². The van der Waals surface area contributed by atoms with Crippen molar-refractivity contribution in [3.8, 4) is 0 Å². The number of benzene rings is 2. The van der Waals surface area contributed by atoms with Gasteiger partial charge in [0.15, 0.2) is 5.65 Å². The monoisotopic (exact) mass is 453 g/mol. The van der Waals surface area contributed by atoms with E-state index in [9.17, 15) is 4.79 Å². The Labute approximate surface area is 200 Å². The normalized spacial score (nSPS) is 15.0. The fraction of sp³-hybridized carbons (Fsp3) is 0.321. The van der Waals surface area contributed by atoms with E-state index in [1.165, 1.54) is 11.1 Å². The quantitative estimate of drug-likeness (QED) is 0.433. The minimum absolute atomic E-state index is 0.0481. The standard InChI is InChI=1S/C28H31N5O/c1-28(2,3)23-11-9-22(10-12-23)27(34)31-24-19-26(33-25(30-24)13-16-29-33)32-17-14-21(15-18-32)20-7-5-4-6-8-20/h4-13,16,19,21H,14-15,17-18H2,1-3H3,(H,30,31,34). The molecule has 174 valence electrons. The Kier molecular flexibility index (Phi) is 5.82. The highest BCUT2D eigenvalue weighted by Crippen LogP contribution is 2.31. The Morgan fingerprint density at radius 1 is 0.971 bits per heavy atom. The molecule has 3 heterocycles.